The van der Waals surface area contributed by atoms with Crippen molar-refractivity contribution in [3.63, 3.8) is 0 Å². The van der Waals surface area contributed by atoms with Crippen molar-refractivity contribution in [2.75, 3.05) is 0 Å². The molecule has 2 aromatic carbocycles. The summed E-state index contributed by atoms with van der Waals surface area (Å²) in [6, 6.07) is 11.6. The summed E-state index contributed by atoms with van der Waals surface area (Å²) in [5.74, 6) is -1.12. The van der Waals surface area contributed by atoms with Gasteiger partial charge >= 0.3 is 0 Å². The standard InChI is InChI=1S/C22H17F2N3O2/c1-13-8-19(14(2)27(13)17-5-3-4-15(23)9-17)21(28)11-26-12-25-20-10-16(24)6-7-18(20)22(26)29/h3-10,12H,11H2,1-2H3. The van der Waals surface area contributed by atoms with E-state index in [-0.39, 0.29) is 29.0 Å². The summed E-state index contributed by atoms with van der Waals surface area (Å²) in [5.41, 5.74) is 2.31. The van der Waals surface area contributed by atoms with Crippen LogP contribution in [0.15, 0.2) is 59.7 Å². The van der Waals surface area contributed by atoms with Gasteiger partial charge in [0.05, 0.1) is 23.8 Å². The SMILES string of the molecule is Cc1cc(C(=O)Cn2cnc3cc(F)ccc3c2=O)c(C)n1-c1cccc(F)c1. The molecule has 0 N–H and O–H groups in total. The van der Waals surface area contributed by atoms with E-state index in [9.17, 15) is 18.4 Å². The number of carbonyl (C=O) groups excluding carboxylic acids is 1. The third-order valence-electron chi connectivity index (χ3n) is 4.90. The summed E-state index contributed by atoms with van der Waals surface area (Å²) in [7, 11) is 0. The van der Waals surface area contributed by atoms with Crippen LogP contribution in [0.5, 0.6) is 0 Å². The highest BCUT2D eigenvalue weighted by Crippen LogP contribution is 2.22. The Bertz CT molecular complexity index is 1320. The number of Topliss-reactive ketones (excluding diaryl/α,β-unsaturated/α-hetero) is 1. The smallest absolute Gasteiger partial charge is 0.261 e. The number of nitrogens with zero attached hydrogens (tertiary/aromatic N) is 3. The Kier molecular flexibility index (Phi) is 4.58. The van der Waals surface area contributed by atoms with Crippen molar-refractivity contribution in [1.29, 1.82) is 0 Å². The predicted molar refractivity (Wildman–Crippen MR) is 105 cm³/mol. The van der Waals surface area contributed by atoms with Crippen LogP contribution in [-0.4, -0.2) is 19.9 Å². The molecule has 2 heterocycles. The minimum atomic E-state index is -0.483. The number of aromatic nitrogens is 3. The first-order chi connectivity index (χ1) is 13.8. The van der Waals surface area contributed by atoms with Crippen molar-refractivity contribution in [3.05, 3.63) is 93.8 Å². The minimum absolute atomic E-state index is 0.202. The molecule has 5 nitrogen and oxygen atoms in total. The highest BCUT2D eigenvalue weighted by molar-refractivity contribution is 5.97. The fourth-order valence-corrected chi connectivity index (χ4v) is 3.54. The van der Waals surface area contributed by atoms with E-state index in [1.807, 2.05) is 6.92 Å². The number of benzene rings is 2. The molecule has 0 aliphatic carbocycles. The van der Waals surface area contributed by atoms with Crippen LogP contribution in [0, 0.1) is 25.5 Å². The number of rotatable bonds is 4. The molecule has 0 amide bonds. The summed E-state index contributed by atoms with van der Waals surface area (Å²) in [5, 5.41) is 0.243. The second-order valence-corrected chi connectivity index (χ2v) is 6.86. The molecule has 2 aromatic heterocycles. The molecule has 0 saturated heterocycles. The number of hydrogen-bond acceptors (Lipinski definition) is 3. The second kappa shape index (κ2) is 7.09. The van der Waals surface area contributed by atoms with Crippen LogP contribution < -0.4 is 5.56 Å². The minimum Gasteiger partial charge on any atom is -0.318 e. The van der Waals surface area contributed by atoms with E-state index in [0.29, 0.717) is 16.9 Å². The normalized spacial score (nSPS) is 11.2. The van der Waals surface area contributed by atoms with Gasteiger partial charge in [-0.05, 0) is 50.2 Å². The van der Waals surface area contributed by atoms with Crippen molar-refractivity contribution >= 4 is 16.7 Å². The Morgan fingerprint density at radius 3 is 2.55 bits per heavy atom. The summed E-state index contributed by atoms with van der Waals surface area (Å²) in [6.45, 7) is 3.40. The molecule has 29 heavy (non-hydrogen) atoms. The van der Waals surface area contributed by atoms with Crippen LogP contribution in [0.4, 0.5) is 8.78 Å². The largest absolute Gasteiger partial charge is 0.318 e. The molecule has 0 bridgehead atoms. The Hall–Kier alpha value is -3.61. The van der Waals surface area contributed by atoms with E-state index in [1.54, 1.807) is 29.7 Å². The van der Waals surface area contributed by atoms with Gasteiger partial charge in [0, 0.05) is 28.7 Å². The van der Waals surface area contributed by atoms with Gasteiger partial charge < -0.3 is 4.57 Å². The van der Waals surface area contributed by atoms with Crippen molar-refractivity contribution in [2.24, 2.45) is 0 Å². The number of fused-ring (bicyclic) bond motifs is 1. The highest BCUT2D eigenvalue weighted by Gasteiger charge is 2.18. The summed E-state index contributed by atoms with van der Waals surface area (Å²) in [4.78, 5) is 29.6. The Morgan fingerprint density at radius 1 is 1.03 bits per heavy atom. The third-order valence-corrected chi connectivity index (χ3v) is 4.90. The molecule has 0 unspecified atom stereocenters. The van der Waals surface area contributed by atoms with Crippen LogP contribution in [0.3, 0.4) is 0 Å². The van der Waals surface area contributed by atoms with Gasteiger partial charge in [0.15, 0.2) is 5.78 Å². The number of halogens is 2. The molecule has 0 saturated carbocycles. The lowest BCUT2D eigenvalue weighted by molar-refractivity contribution is 0.0970. The van der Waals surface area contributed by atoms with Gasteiger partial charge in [-0.1, -0.05) is 6.07 Å². The maximum Gasteiger partial charge on any atom is 0.261 e. The highest BCUT2D eigenvalue weighted by atomic mass is 19.1. The molecule has 4 rings (SSSR count). The zero-order valence-electron chi connectivity index (χ0n) is 15.8. The summed E-state index contributed by atoms with van der Waals surface area (Å²) in [6.07, 6.45) is 1.24. The van der Waals surface area contributed by atoms with Gasteiger partial charge in [0.25, 0.3) is 5.56 Å². The molecule has 7 heteroatoms. The van der Waals surface area contributed by atoms with Gasteiger partial charge in [-0.3, -0.25) is 14.2 Å². The van der Waals surface area contributed by atoms with Crippen LogP contribution in [-0.2, 0) is 6.54 Å². The number of aryl methyl sites for hydroxylation is 1. The molecular weight excluding hydrogens is 376 g/mol. The third kappa shape index (κ3) is 3.35. The first-order valence-electron chi connectivity index (χ1n) is 8.98. The predicted octanol–water partition coefficient (Wildman–Crippen LogP) is 3.97. The van der Waals surface area contributed by atoms with Gasteiger partial charge in [0.2, 0.25) is 0 Å². The van der Waals surface area contributed by atoms with Crippen molar-refractivity contribution < 1.29 is 13.6 Å². The number of hydrogen-bond donors (Lipinski definition) is 0. The van der Waals surface area contributed by atoms with Gasteiger partial charge in [-0.25, -0.2) is 13.8 Å². The van der Waals surface area contributed by atoms with Gasteiger partial charge in [0.1, 0.15) is 11.6 Å². The Balaban J connectivity index is 1.70. The lowest BCUT2D eigenvalue weighted by Crippen LogP contribution is -2.25. The average molecular weight is 393 g/mol. The lowest BCUT2D eigenvalue weighted by Gasteiger charge is -2.10. The van der Waals surface area contributed by atoms with E-state index >= 15 is 0 Å². The molecule has 4 aromatic rings. The first kappa shape index (κ1) is 18.7. The van der Waals surface area contributed by atoms with E-state index in [1.165, 1.54) is 41.2 Å². The summed E-state index contributed by atoms with van der Waals surface area (Å²) >= 11 is 0. The first-order valence-corrected chi connectivity index (χ1v) is 8.98. The maximum atomic E-state index is 13.6. The second-order valence-electron chi connectivity index (χ2n) is 6.86. The van der Waals surface area contributed by atoms with Gasteiger partial charge in [-0.15, -0.1) is 0 Å². The van der Waals surface area contributed by atoms with E-state index in [2.05, 4.69) is 4.98 Å². The van der Waals surface area contributed by atoms with E-state index < -0.39 is 11.4 Å². The van der Waals surface area contributed by atoms with Crippen molar-refractivity contribution in [3.8, 4) is 5.69 Å². The molecule has 0 aliphatic heterocycles. The van der Waals surface area contributed by atoms with E-state index in [4.69, 9.17) is 0 Å². The number of carbonyl (C=O) groups is 1. The lowest BCUT2D eigenvalue weighted by atomic mass is 10.1. The molecular formula is C22H17F2N3O2. The number of ketones is 1. The monoisotopic (exact) mass is 393 g/mol. The fourth-order valence-electron chi connectivity index (χ4n) is 3.54. The van der Waals surface area contributed by atoms with Crippen molar-refractivity contribution in [2.45, 2.75) is 20.4 Å². The average Bonchev–Trinajstić information content (AvgIpc) is 2.98. The zero-order chi connectivity index (χ0) is 20.7. The Labute approximate surface area is 164 Å². The molecule has 0 radical (unpaired) electrons. The molecule has 0 spiro atoms. The van der Waals surface area contributed by atoms with Crippen LogP contribution in [0.25, 0.3) is 16.6 Å². The Morgan fingerprint density at radius 2 is 1.79 bits per heavy atom. The molecule has 0 aliphatic rings. The zero-order valence-corrected chi connectivity index (χ0v) is 15.8. The quantitative estimate of drug-likeness (QED) is 0.493. The van der Waals surface area contributed by atoms with Crippen LogP contribution in [0.1, 0.15) is 21.7 Å². The molecule has 0 fully saturated rings. The van der Waals surface area contributed by atoms with Gasteiger partial charge in [-0.2, -0.15) is 0 Å². The maximum absolute atomic E-state index is 13.6. The molecule has 146 valence electrons. The molecule has 0 atom stereocenters. The van der Waals surface area contributed by atoms with Crippen LogP contribution in [0.2, 0.25) is 0 Å². The topological polar surface area (TPSA) is 56.9 Å². The summed E-state index contributed by atoms with van der Waals surface area (Å²) < 4.78 is 29.9. The van der Waals surface area contributed by atoms with E-state index in [0.717, 1.165) is 5.69 Å². The van der Waals surface area contributed by atoms with Crippen LogP contribution >= 0.6 is 0 Å². The van der Waals surface area contributed by atoms with Crippen molar-refractivity contribution in [1.82, 2.24) is 14.1 Å². The fraction of sp³-hybridized carbons (Fsp3) is 0.136.